The van der Waals surface area contributed by atoms with Crippen molar-refractivity contribution in [2.75, 3.05) is 13.1 Å². The molecule has 2 fully saturated rings. The van der Waals surface area contributed by atoms with Gasteiger partial charge >= 0.3 is 0 Å². The number of hydrogen-bond acceptors (Lipinski definition) is 4. The van der Waals surface area contributed by atoms with Crippen LogP contribution in [0.3, 0.4) is 0 Å². The largest absolute Gasteiger partial charge is 0.425 e. The van der Waals surface area contributed by atoms with Crippen LogP contribution in [0, 0.1) is 26.7 Å². The molecule has 0 radical (unpaired) electrons. The zero-order chi connectivity index (χ0) is 19.0. The van der Waals surface area contributed by atoms with E-state index in [0.29, 0.717) is 30.1 Å². The van der Waals surface area contributed by atoms with Gasteiger partial charge < -0.3 is 9.32 Å². The van der Waals surface area contributed by atoms with Crippen LogP contribution in [0.4, 0.5) is 0 Å². The van der Waals surface area contributed by atoms with Crippen LogP contribution < -0.4 is 0 Å². The van der Waals surface area contributed by atoms with Gasteiger partial charge in [0.2, 0.25) is 17.7 Å². The Morgan fingerprint density at radius 3 is 2.44 bits per heavy atom. The smallest absolute Gasteiger partial charge is 0.223 e. The van der Waals surface area contributed by atoms with Gasteiger partial charge in [0.05, 0.1) is 0 Å². The second-order valence-electron chi connectivity index (χ2n) is 8.31. The van der Waals surface area contributed by atoms with Crippen LogP contribution in [0.15, 0.2) is 22.6 Å². The van der Waals surface area contributed by atoms with Gasteiger partial charge in [0.1, 0.15) is 0 Å². The van der Waals surface area contributed by atoms with Crippen LogP contribution in [-0.4, -0.2) is 34.1 Å². The molecule has 0 N–H and O–H groups in total. The van der Waals surface area contributed by atoms with E-state index in [-0.39, 0.29) is 5.92 Å². The number of likely N-dealkylation sites (tertiary alicyclic amines) is 1. The standard InChI is InChI=1S/C22H29N3O2/c1-14-4-5-19(12-15(14)2)20(17-6-7-17)13-21(26)25-10-8-18(9-11-25)22-24-23-16(3)27-22/h4-5,12,17-18,20H,6-11,13H2,1-3H3. The van der Waals surface area contributed by atoms with Gasteiger partial charge in [-0.1, -0.05) is 18.2 Å². The molecular formula is C22H29N3O2. The van der Waals surface area contributed by atoms with Crippen molar-refractivity contribution >= 4 is 5.91 Å². The summed E-state index contributed by atoms with van der Waals surface area (Å²) in [6.45, 7) is 7.70. The van der Waals surface area contributed by atoms with E-state index in [1.165, 1.54) is 29.5 Å². The van der Waals surface area contributed by atoms with Gasteiger partial charge in [-0.15, -0.1) is 10.2 Å². The van der Waals surface area contributed by atoms with Gasteiger partial charge in [-0.2, -0.15) is 0 Å². The number of aromatic nitrogens is 2. The molecule has 1 aliphatic carbocycles. The molecule has 144 valence electrons. The highest BCUT2D eigenvalue weighted by Gasteiger charge is 2.35. The molecule has 2 aromatic rings. The predicted octanol–water partition coefficient (Wildman–Crippen LogP) is 4.28. The summed E-state index contributed by atoms with van der Waals surface area (Å²) in [5, 5.41) is 8.09. The average molecular weight is 367 g/mol. The highest BCUT2D eigenvalue weighted by atomic mass is 16.4. The molecule has 1 atom stereocenters. The SMILES string of the molecule is Cc1nnc(C2CCN(C(=O)CC(c3ccc(C)c(C)c3)C3CC3)CC2)o1. The number of piperidine rings is 1. The van der Waals surface area contributed by atoms with Crippen molar-refractivity contribution in [2.45, 2.75) is 64.7 Å². The zero-order valence-electron chi connectivity index (χ0n) is 16.6. The summed E-state index contributed by atoms with van der Waals surface area (Å²) in [7, 11) is 0. The topological polar surface area (TPSA) is 59.2 Å². The zero-order valence-corrected chi connectivity index (χ0v) is 16.6. The Hall–Kier alpha value is -2.17. The second-order valence-corrected chi connectivity index (χ2v) is 8.31. The molecular weight excluding hydrogens is 338 g/mol. The minimum absolute atomic E-state index is 0.286. The van der Waals surface area contributed by atoms with Gasteiger partial charge in [-0.05, 0) is 68.1 Å². The molecule has 1 saturated heterocycles. The second kappa shape index (κ2) is 7.45. The molecule has 2 aliphatic rings. The van der Waals surface area contributed by atoms with Gasteiger partial charge in [0.15, 0.2) is 0 Å². The molecule has 1 saturated carbocycles. The lowest BCUT2D eigenvalue weighted by molar-refractivity contribution is -0.132. The van der Waals surface area contributed by atoms with Crippen LogP contribution in [0.1, 0.15) is 72.4 Å². The molecule has 1 aliphatic heterocycles. The number of aryl methyl sites for hydroxylation is 3. The van der Waals surface area contributed by atoms with Crippen LogP contribution in [0.2, 0.25) is 0 Å². The van der Waals surface area contributed by atoms with Crippen LogP contribution in [0.5, 0.6) is 0 Å². The van der Waals surface area contributed by atoms with Crippen molar-refractivity contribution in [3.8, 4) is 0 Å². The molecule has 2 heterocycles. The number of carbonyl (C=O) groups is 1. The quantitative estimate of drug-likeness (QED) is 0.791. The number of hydrogen-bond donors (Lipinski definition) is 0. The lowest BCUT2D eigenvalue weighted by Gasteiger charge is -2.32. The first-order valence-corrected chi connectivity index (χ1v) is 10.2. The molecule has 1 unspecified atom stereocenters. The highest BCUT2D eigenvalue weighted by Crippen LogP contribution is 2.45. The van der Waals surface area contributed by atoms with Gasteiger partial charge in [0.25, 0.3) is 0 Å². The number of amides is 1. The van der Waals surface area contributed by atoms with E-state index in [1.54, 1.807) is 0 Å². The normalized spacial score (nSPS) is 19.3. The minimum atomic E-state index is 0.286. The maximum atomic E-state index is 13.0. The number of carbonyl (C=O) groups excluding carboxylic acids is 1. The summed E-state index contributed by atoms with van der Waals surface area (Å²) in [5.41, 5.74) is 3.98. The molecule has 1 amide bonds. The summed E-state index contributed by atoms with van der Waals surface area (Å²) in [4.78, 5) is 15.0. The Bertz CT molecular complexity index is 817. The predicted molar refractivity (Wildman–Crippen MR) is 104 cm³/mol. The Balaban J connectivity index is 1.38. The molecule has 1 aromatic heterocycles. The van der Waals surface area contributed by atoms with Crippen molar-refractivity contribution < 1.29 is 9.21 Å². The fourth-order valence-corrected chi connectivity index (χ4v) is 4.22. The summed E-state index contributed by atoms with van der Waals surface area (Å²) in [6.07, 6.45) is 4.96. The Morgan fingerprint density at radius 1 is 1.11 bits per heavy atom. The first-order chi connectivity index (χ1) is 13.0. The van der Waals surface area contributed by atoms with Gasteiger partial charge in [-0.3, -0.25) is 4.79 Å². The third-order valence-electron chi connectivity index (χ3n) is 6.28. The Morgan fingerprint density at radius 2 is 1.85 bits per heavy atom. The molecule has 5 heteroatoms. The monoisotopic (exact) mass is 367 g/mol. The minimum Gasteiger partial charge on any atom is -0.425 e. The highest BCUT2D eigenvalue weighted by molar-refractivity contribution is 5.77. The van der Waals surface area contributed by atoms with Crippen molar-refractivity contribution in [1.82, 2.24) is 15.1 Å². The average Bonchev–Trinajstić information content (AvgIpc) is 3.42. The fourth-order valence-electron chi connectivity index (χ4n) is 4.22. The number of nitrogens with zero attached hydrogens (tertiary/aromatic N) is 3. The van der Waals surface area contributed by atoms with E-state index in [2.05, 4.69) is 42.2 Å². The summed E-state index contributed by atoms with van der Waals surface area (Å²) < 4.78 is 5.58. The molecule has 1 aromatic carbocycles. The molecule has 0 bridgehead atoms. The van der Waals surface area contributed by atoms with Gasteiger partial charge in [0, 0.05) is 32.4 Å². The van der Waals surface area contributed by atoms with E-state index in [0.717, 1.165) is 31.8 Å². The molecule has 27 heavy (non-hydrogen) atoms. The summed E-state index contributed by atoms with van der Waals surface area (Å²) >= 11 is 0. The third kappa shape index (κ3) is 4.07. The van der Waals surface area contributed by atoms with E-state index >= 15 is 0 Å². The van der Waals surface area contributed by atoms with E-state index in [4.69, 9.17) is 4.42 Å². The van der Waals surface area contributed by atoms with Crippen molar-refractivity contribution in [3.05, 3.63) is 46.7 Å². The molecule has 0 spiro atoms. The third-order valence-corrected chi connectivity index (χ3v) is 6.28. The van der Waals surface area contributed by atoms with E-state index < -0.39 is 0 Å². The number of rotatable bonds is 5. The Labute approximate surface area is 161 Å². The molecule has 4 rings (SSSR count). The van der Waals surface area contributed by atoms with E-state index in [1.807, 2.05) is 11.8 Å². The Kier molecular flexibility index (Phi) is 5.02. The van der Waals surface area contributed by atoms with Crippen LogP contribution >= 0.6 is 0 Å². The van der Waals surface area contributed by atoms with Crippen molar-refractivity contribution in [3.63, 3.8) is 0 Å². The number of benzene rings is 1. The first-order valence-electron chi connectivity index (χ1n) is 10.2. The summed E-state index contributed by atoms with van der Waals surface area (Å²) in [6, 6.07) is 6.71. The maximum absolute atomic E-state index is 13.0. The van der Waals surface area contributed by atoms with Gasteiger partial charge in [-0.25, -0.2) is 0 Å². The lowest BCUT2D eigenvalue weighted by atomic mass is 9.88. The van der Waals surface area contributed by atoms with Crippen molar-refractivity contribution in [1.29, 1.82) is 0 Å². The lowest BCUT2D eigenvalue weighted by Crippen LogP contribution is -2.38. The molecule has 5 nitrogen and oxygen atoms in total. The summed E-state index contributed by atoms with van der Waals surface area (Å²) in [5.74, 6) is 2.97. The van der Waals surface area contributed by atoms with Crippen LogP contribution in [0.25, 0.3) is 0 Å². The van der Waals surface area contributed by atoms with Crippen LogP contribution in [-0.2, 0) is 4.79 Å². The van der Waals surface area contributed by atoms with E-state index in [9.17, 15) is 4.79 Å². The van der Waals surface area contributed by atoms with Crippen molar-refractivity contribution in [2.24, 2.45) is 5.92 Å². The first kappa shape index (κ1) is 18.2. The maximum Gasteiger partial charge on any atom is 0.223 e. The fraction of sp³-hybridized carbons (Fsp3) is 0.591.